The van der Waals surface area contributed by atoms with Gasteiger partial charge in [0, 0.05) is 12.0 Å². The molecule has 0 aliphatic carbocycles. The number of aromatic hydroxyl groups is 1. The zero-order valence-electron chi connectivity index (χ0n) is 14.0. The van der Waals surface area contributed by atoms with Crippen LogP contribution in [0.15, 0.2) is 30.4 Å². The first-order chi connectivity index (χ1) is 11.0. The molecule has 1 aromatic carbocycles. The Labute approximate surface area is 137 Å². The van der Waals surface area contributed by atoms with E-state index in [9.17, 15) is 14.7 Å². The first-order valence-corrected chi connectivity index (χ1v) is 7.84. The van der Waals surface area contributed by atoms with E-state index in [0.717, 1.165) is 19.3 Å². The second-order valence-electron chi connectivity index (χ2n) is 5.53. The summed E-state index contributed by atoms with van der Waals surface area (Å²) >= 11 is 0. The zero-order chi connectivity index (χ0) is 17.2. The van der Waals surface area contributed by atoms with Crippen molar-refractivity contribution in [2.75, 3.05) is 7.11 Å². The second-order valence-corrected chi connectivity index (χ2v) is 5.53. The Balaban J connectivity index is 2.50. The maximum Gasteiger partial charge on any atom is 0.257 e. The fraction of sp³-hybridized carbons (Fsp3) is 0.444. The van der Waals surface area contributed by atoms with Crippen LogP contribution >= 0.6 is 0 Å². The number of phenols is 1. The number of carbonyl (C=O) groups excluding carboxylic acids is 2. The van der Waals surface area contributed by atoms with Gasteiger partial charge >= 0.3 is 0 Å². The van der Waals surface area contributed by atoms with Gasteiger partial charge in [-0.3, -0.25) is 14.9 Å². The molecule has 0 spiro atoms. The van der Waals surface area contributed by atoms with Gasteiger partial charge in [-0.15, -0.1) is 0 Å². The van der Waals surface area contributed by atoms with E-state index in [1.54, 1.807) is 0 Å². The Bertz CT molecular complexity index is 566. The number of imide groups is 1. The number of carbonyl (C=O) groups is 2. The number of allylic oxidation sites excluding steroid dienone is 2. The van der Waals surface area contributed by atoms with E-state index in [4.69, 9.17) is 4.74 Å². The number of ether oxygens (including phenoxy) is 1. The van der Waals surface area contributed by atoms with Crippen molar-refractivity contribution < 1.29 is 19.4 Å². The molecule has 0 heterocycles. The molecule has 0 bridgehead atoms. The molecule has 0 radical (unpaired) electrons. The van der Waals surface area contributed by atoms with Crippen molar-refractivity contribution in [3.05, 3.63) is 35.9 Å². The molecule has 0 fully saturated rings. The van der Waals surface area contributed by atoms with Crippen LogP contribution in [0.25, 0.3) is 0 Å². The van der Waals surface area contributed by atoms with E-state index in [1.165, 1.54) is 25.3 Å². The minimum atomic E-state index is -0.494. The highest BCUT2D eigenvalue weighted by Crippen LogP contribution is 2.26. The summed E-state index contributed by atoms with van der Waals surface area (Å²) in [7, 11) is 1.40. The van der Waals surface area contributed by atoms with Crippen LogP contribution in [0.5, 0.6) is 11.5 Å². The molecule has 126 valence electrons. The minimum absolute atomic E-state index is 0.0517. The molecular weight excluding hydrogens is 294 g/mol. The molecule has 5 heteroatoms. The maximum atomic E-state index is 12.0. The van der Waals surface area contributed by atoms with Crippen LogP contribution in [0.3, 0.4) is 0 Å². The summed E-state index contributed by atoms with van der Waals surface area (Å²) in [6, 6.07) is 4.21. The SMILES string of the molecule is CC/C=C/CCC(C)CC(=O)NC(=O)c1ccc(O)c(OC)c1. The first kappa shape index (κ1) is 18.7. The monoisotopic (exact) mass is 319 g/mol. The predicted molar refractivity (Wildman–Crippen MR) is 89.6 cm³/mol. The third-order valence-corrected chi connectivity index (χ3v) is 3.46. The van der Waals surface area contributed by atoms with Crippen molar-refractivity contribution >= 4 is 11.8 Å². The van der Waals surface area contributed by atoms with Crippen LogP contribution in [0, 0.1) is 5.92 Å². The molecule has 0 aliphatic heterocycles. The minimum Gasteiger partial charge on any atom is -0.504 e. The van der Waals surface area contributed by atoms with E-state index in [0.29, 0.717) is 6.42 Å². The molecule has 23 heavy (non-hydrogen) atoms. The average molecular weight is 319 g/mol. The number of phenolic OH excluding ortho intramolecular Hbond substituents is 1. The molecule has 1 atom stereocenters. The van der Waals surface area contributed by atoms with Gasteiger partial charge in [-0.05, 0) is 43.4 Å². The predicted octanol–water partition coefficient (Wildman–Crippen LogP) is 3.43. The summed E-state index contributed by atoms with van der Waals surface area (Å²) < 4.78 is 4.95. The van der Waals surface area contributed by atoms with E-state index in [-0.39, 0.29) is 28.9 Å². The van der Waals surface area contributed by atoms with Crippen LogP contribution in [-0.4, -0.2) is 24.0 Å². The number of amides is 2. The molecule has 2 N–H and O–H groups in total. The molecule has 0 saturated carbocycles. The van der Waals surface area contributed by atoms with Crippen molar-refractivity contribution in [1.82, 2.24) is 5.32 Å². The molecule has 0 aliphatic rings. The van der Waals surface area contributed by atoms with Crippen LogP contribution in [0.1, 0.15) is 49.9 Å². The fourth-order valence-electron chi connectivity index (χ4n) is 2.15. The molecule has 1 unspecified atom stereocenters. The van der Waals surface area contributed by atoms with Gasteiger partial charge in [-0.2, -0.15) is 0 Å². The van der Waals surface area contributed by atoms with E-state index in [1.807, 2.05) is 6.92 Å². The molecule has 0 aromatic heterocycles. The van der Waals surface area contributed by atoms with Gasteiger partial charge in [-0.1, -0.05) is 26.0 Å². The Morgan fingerprint density at radius 1 is 1.35 bits per heavy atom. The smallest absolute Gasteiger partial charge is 0.257 e. The fourth-order valence-corrected chi connectivity index (χ4v) is 2.15. The number of hydrogen-bond donors (Lipinski definition) is 2. The lowest BCUT2D eigenvalue weighted by molar-refractivity contribution is -0.120. The van der Waals surface area contributed by atoms with Crippen LogP contribution < -0.4 is 10.1 Å². The Morgan fingerprint density at radius 2 is 2.09 bits per heavy atom. The number of hydrogen-bond acceptors (Lipinski definition) is 4. The van der Waals surface area contributed by atoms with Gasteiger partial charge in [-0.25, -0.2) is 0 Å². The van der Waals surface area contributed by atoms with Gasteiger partial charge in [0.1, 0.15) is 0 Å². The molecule has 5 nitrogen and oxygen atoms in total. The maximum absolute atomic E-state index is 12.0. The molecule has 2 amide bonds. The standard InChI is InChI=1S/C18H25NO4/c1-4-5-6-7-8-13(2)11-17(21)19-18(22)14-9-10-15(20)16(12-14)23-3/h5-6,9-10,12-13,20H,4,7-8,11H2,1-3H3,(H,19,21,22)/b6-5+. The van der Waals surface area contributed by atoms with Crippen molar-refractivity contribution in [2.45, 2.75) is 39.5 Å². The topological polar surface area (TPSA) is 75.6 Å². The van der Waals surface area contributed by atoms with Crippen molar-refractivity contribution in [2.24, 2.45) is 5.92 Å². The van der Waals surface area contributed by atoms with Gasteiger partial charge in [0.15, 0.2) is 11.5 Å². The summed E-state index contributed by atoms with van der Waals surface area (Å²) in [4.78, 5) is 24.0. The van der Waals surface area contributed by atoms with Gasteiger partial charge in [0.05, 0.1) is 7.11 Å². The Kier molecular flexibility index (Phi) is 7.88. The number of rotatable bonds is 8. The summed E-state index contributed by atoms with van der Waals surface area (Å²) in [5, 5.41) is 11.9. The summed E-state index contributed by atoms with van der Waals surface area (Å²) in [5.41, 5.74) is 0.270. The summed E-state index contributed by atoms with van der Waals surface area (Å²) in [6.45, 7) is 4.07. The van der Waals surface area contributed by atoms with Gasteiger partial charge in [0.25, 0.3) is 5.91 Å². The van der Waals surface area contributed by atoms with Crippen molar-refractivity contribution in [3.8, 4) is 11.5 Å². The quantitative estimate of drug-likeness (QED) is 0.720. The second kappa shape index (κ2) is 9.66. The number of benzene rings is 1. The van der Waals surface area contributed by atoms with Crippen LogP contribution in [0.2, 0.25) is 0 Å². The highest BCUT2D eigenvalue weighted by Gasteiger charge is 2.15. The third-order valence-electron chi connectivity index (χ3n) is 3.46. The lowest BCUT2D eigenvalue weighted by Gasteiger charge is -2.10. The molecular formula is C18H25NO4. The van der Waals surface area contributed by atoms with Crippen molar-refractivity contribution in [1.29, 1.82) is 0 Å². The Hall–Kier alpha value is -2.30. The molecule has 1 rings (SSSR count). The number of nitrogens with one attached hydrogen (secondary N) is 1. The number of methoxy groups -OCH3 is 1. The molecule has 1 aromatic rings. The highest BCUT2D eigenvalue weighted by molar-refractivity contribution is 6.05. The van der Waals surface area contributed by atoms with Crippen LogP contribution in [0.4, 0.5) is 0 Å². The van der Waals surface area contributed by atoms with E-state index < -0.39 is 5.91 Å². The lowest BCUT2D eigenvalue weighted by atomic mass is 10.0. The first-order valence-electron chi connectivity index (χ1n) is 7.84. The molecule has 0 saturated heterocycles. The Morgan fingerprint density at radius 3 is 2.74 bits per heavy atom. The highest BCUT2D eigenvalue weighted by atomic mass is 16.5. The van der Waals surface area contributed by atoms with Crippen LogP contribution in [-0.2, 0) is 4.79 Å². The van der Waals surface area contributed by atoms with Gasteiger partial charge in [0.2, 0.25) is 5.91 Å². The van der Waals surface area contributed by atoms with E-state index in [2.05, 4.69) is 24.4 Å². The van der Waals surface area contributed by atoms with E-state index >= 15 is 0 Å². The van der Waals surface area contributed by atoms with Gasteiger partial charge < -0.3 is 9.84 Å². The summed E-state index contributed by atoms with van der Waals surface area (Å²) in [6.07, 6.45) is 7.38. The normalized spacial score (nSPS) is 12.1. The largest absolute Gasteiger partial charge is 0.504 e. The average Bonchev–Trinajstić information content (AvgIpc) is 2.51. The summed E-state index contributed by atoms with van der Waals surface area (Å²) in [5.74, 6) is -0.440. The van der Waals surface area contributed by atoms with Crippen molar-refractivity contribution in [3.63, 3.8) is 0 Å². The zero-order valence-corrected chi connectivity index (χ0v) is 14.0. The lowest BCUT2D eigenvalue weighted by Crippen LogP contribution is -2.31. The third kappa shape index (κ3) is 6.55.